The molecule has 0 unspecified atom stereocenters. The number of rotatable bonds is 2. The summed E-state index contributed by atoms with van der Waals surface area (Å²) in [6.07, 6.45) is 0. The molecule has 0 atom stereocenters. The largest absolute Gasteiger partial charge is 0.360 e. The number of hydrogen-bond acceptors (Lipinski definition) is 5. The van der Waals surface area contributed by atoms with E-state index < -0.39 is 0 Å². The predicted molar refractivity (Wildman–Crippen MR) is 69.8 cm³/mol. The highest BCUT2D eigenvalue weighted by Crippen LogP contribution is 2.42. The summed E-state index contributed by atoms with van der Waals surface area (Å²) in [7, 11) is 1.76. The van der Waals surface area contributed by atoms with E-state index in [2.05, 4.69) is 10.2 Å². The molecule has 98 valence electrons. The quantitative estimate of drug-likeness (QED) is 0.606. The van der Waals surface area contributed by atoms with Gasteiger partial charge in [0.25, 0.3) is 5.69 Å². The number of anilines is 1. The molecule has 1 aromatic heterocycles. The molecule has 0 spiro atoms. The third-order valence-corrected chi connectivity index (χ3v) is 3.29. The fourth-order valence-corrected chi connectivity index (χ4v) is 2.49. The Morgan fingerprint density at radius 1 is 1.42 bits per heavy atom. The number of hydrogen-bond donors (Lipinski definition) is 0. The van der Waals surface area contributed by atoms with E-state index in [-0.39, 0.29) is 10.6 Å². The molecule has 0 amide bonds. The number of para-hydroxylation sites is 1. The summed E-state index contributed by atoms with van der Waals surface area (Å²) >= 11 is 0. The van der Waals surface area contributed by atoms with Crippen molar-refractivity contribution in [1.82, 2.24) is 15.0 Å². The molecule has 0 saturated heterocycles. The molecule has 7 nitrogen and oxygen atoms in total. The van der Waals surface area contributed by atoms with E-state index in [1.807, 2.05) is 17.9 Å². The van der Waals surface area contributed by atoms with Gasteiger partial charge < -0.3 is 4.90 Å². The zero-order valence-corrected chi connectivity index (χ0v) is 10.7. The molecule has 0 bridgehead atoms. The molecule has 0 N–H and O–H groups in total. The number of fused-ring (bicyclic) bond motifs is 3. The van der Waals surface area contributed by atoms with Crippen molar-refractivity contribution in [2.24, 2.45) is 7.05 Å². The van der Waals surface area contributed by atoms with E-state index in [9.17, 15) is 10.1 Å². The van der Waals surface area contributed by atoms with Crippen LogP contribution < -0.4 is 4.90 Å². The van der Waals surface area contributed by atoms with Crippen molar-refractivity contribution >= 4 is 11.4 Å². The van der Waals surface area contributed by atoms with Gasteiger partial charge in [-0.05, 0) is 6.92 Å². The first kappa shape index (κ1) is 11.6. The molecule has 0 aliphatic carbocycles. The SMILES string of the molecule is CCN1Cc2nn(C)nc2-c2cccc([N+](=O)[O-])c21. The number of nitro benzene ring substituents is 1. The average Bonchev–Trinajstić information content (AvgIpc) is 2.77. The molecule has 1 aliphatic heterocycles. The lowest BCUT2D eigenvalue weighted by Crippen LogP contribution is -2.27. The smallest absolute Gasteiger partial charge is 0.293 e. The highest BCUT2D eigenvalue weighted by atomic mass is 16.6. The van der Waals surface area contributed by atoms with Gasteiger partial charge in [0, 0.05) is 25.2 Å². The van der Waals surface area contributed by atoms with Crippen LogP contribution in [0.15, 0.2) is 18.2 Å². The maximum atomic E-state index is 11.2. The van der Waals surface area contributed by atoms with Gasteiger partial charge >= 0.3 is 0 Å². The van der Waals surface area contributed by atoms with E-state index in [0.717, 1.165) is 17.0 Å². The summed E-state index contributed by atoms with van der Waals surface area (Å²) < 4.78 is 0. The van der Waals surface area contributed by atoms with Crippen molar-refractivity contribution < 1.29 is 4.92 Å². The standard InChI is InChI=1S/C12H13N5O2/c1-3-16-7-9-11(14-15(2)13-9)8-5-4-6-10(12(8)16)17(18)19/h4-6H,3,7H2,1-2H3. The van der Waals surface area contributed by atoms with Crippen molar-refractivity contribution in [2.75, 3.05) is 11.4 Å². The lowest BCUT2D eigenvalue weighted by atomic mass is 10.0. The van der Waals surface area contributed by atoms with Crippen LogP contribution in [0, 0.1) is 10.1 Å². The molecular weight excluding hydrogens is 246 g/mol. The van der Waals surface area contributed by atoms with Gasteiger partial charge in [-0.25, -0.2) is 0 Å². The molecular formula is C12H13N5O2. The Kier molecular flexibility index (Phi) is 2.48. The van der Waals surface area contributed by atoms with Crippen molar-refractivity contribution in [3.8, 4) is 11.3 Å². The van der Waals surface area contributed by atoms with Crippen molar-refractivity contribution in [3.63, 3.8) is 0 Å². The Balaban J connectivity index is 2.30. The van der Waals surface area contributed by atoms with Crippen molar-refractivity contribution in [1.29, 1.82) is 0 Å². The fourth-order valence-electron chi connectivity index (χ4n) is 2.49. The Hall–Kier alpha value is -2.44. The Bertz CT molecular complexity index is 664. The first-order valence-electron chi connectivity index (χ1n) is 6.04. The number of nitrogens with zero attached hydrogens (tertiary/aromatic N) is 5. The van der Waals surface area contributed by atoms with E-state index >= 15 is 0 Å². The van der Waals surface area contributed by atoms with Crippen LogP contribution in [0.25, 0.3) is 11.3 Å². The van der Waals surface area contributed by atoms with Crippen molar-refractivity contribution in [2.45, 2.75) is 13.5 Å². The lowest BCUT2D eigenvalue weighted by Gasteiger charge is -2.27. The third-order valence-electron chi connectivity index (χ3n) is 3.29. The Morgan fingerprint density at radius 3 is 2.89 bits per heavy atom. The average molecular weight is 259 g/mol. The summed E-state index contributed by atoms with van der Waals surface area (Å²) in [5.41, 5.74) is 3.15. The molecule has 1 aliphatic rings. The number of nitro groups is 1. The van der Waals surface area contributed by atoms with Gasteiger partial charge in [-0.15, -0.1) is 0 Å². The van der Waals surface area contributed by atoms with Crippen LogP contribution in [0.5, 0.6) is 0 Å². The minimum Gasteiger partial charge on any atom is -0.360 e. The van der Waals surface area contributed by atoms with E-state index in [4.69, 9.17) is 0 Å². The first-order valence-corrected chi connectivity index (χ1v) is 6.04. The van der Waals surface area contributed by atoms with Crippen LogP contribution in [0.4, 0.5) is 11.4 Å². The highest BCUT2D eigenvalue weighted by Gasteiger charge is 2.31. The van der Waals surface area contributed by atoms with E-state index in [0.29, 0.717) is 18.8 Å². The summed E-state index contributed by atoms with van der Waals surface area (Å²) in [4.78, 5) is 14.3. The Morgan fingerprint density at radius 2 is 2.21 bits per heavy atom. The molecule has 0 radical (unpaired) electrons. The summed E-state index contributed by atoms with van der Waals surface area (Å²) in [5, 5.41) is 19.8. The zero-order chi connectivity index (χ0) is 13.6. The first-order chi connectivity index (χ1) is 9.11. The van der Waals surface area contributed by atoms with Gasteiger partial charge in [0.15, 0.2) is 0 Å². The number of aromatic nitrogens is 3. The summed E-state index contributed by atoms with van der Waals surface area (Å²) in [5.74, 6) is 0. The maximum Gasteiger partial charge on any atom is 0.293 e. The number of benzene rings is 1. The van der Waals surface area contributed by atoms with Crippen LogP contribution >= 0.6 is 0 Å². The van der Waals surface area contributed by atoms with Gasteiger partial charge in [-0.2, -0.15) is 15.0 Å². The molecule has 3 rings (SSSR count). The van der Waals surface area contributed by atoms with E-state index in [1.54, 1.807) is 13.1 Å². The second-order valence-corrected chi connectivity index (χ2v) is 4.43. The van der Waals surface area contributed by atoms with Gasteiger partial charge in [0.05, 0.1) is 11.5 Å². The molecule has 2 aromatic rings. The third kappa shape index (κ3) is 1.66. The predicted octanol–water partition coefficient (Wildman–Crippen LogP) is 1.73. The maximum absolute atomic E-state index is 11.2. The van der Waals surface area contributed by atoms with Crippen molar-refractivity contribution in [3.05, 3.63) is 34.0 Å². The minimum absolute atomic E-state index is 0.121. The molecule has 0 saturated carbocycles. The molecule has 7 heteroatoms. The van der Waals surface area contributed by atoms with Gasteiger partial charge in [0.1, 0.15) is 17.1 Å². The van der Waals surface area contributed by atoms with Crippen LogP contribution in [0.1, 0.15) is 12.6 Å². The van der Waals surface area contributed by atoms with Crippen LogP contribution in [0.2, 0.25) is 0 Å². The van der Waals surface area contributed by atoms with E-state index in [1.165, 1.54) is 10.9 Å². The fraction of sp³-hybridized carbons (Fsp3) is 0.333. The zero-order valence-electron chi connectivity index (χ0n) is 10.7. The summed E-state index contributed by atoms with van der Waals surface area (Å²) in [6.45, 7) is 3.22. The molecule has 1 aromatic carbocycles. The highest BCUT2D eigenvalue weighted by molar-refractivity contribution is 5.86. The molecule has 19 heavy (non-hydrogen) atoms. The van der Waals surface area contributed by atoms with Gasteiger partial charge in [-0.1, -0.05) is 12.1 Å². The van der Waals surface area contributed by atoms with Crippen LogP contribution in [-0.4, -0.2) is 26.5 Å². The topological polar surface area (TPSA) is 77.1 Å². The van der Waals surface area contributed by atoms with Crippen LogP contribution in [-0.2, 0) is 13.6 Å². The second-order valence-electron chi connectivity index (χ2n) is 4.43. The lowest BCUT2D eigenvalue weighted by molar-refractivity contribution is -0.384. The van der Waals surface area contributed by atoms with Gasteiger partial charge in [0.2, 0.25) is 0 Å². The van der Waals surface area contributed by atoms with Gasteiger partial charge in [-0.3, -0.25) is 10.1 Å². The minimum atomic E-state index is -0.344. The van der Waals surface area contributed by atoms with Crippen LogP contribution in [0.3, 0.4) is 0 Å². The normalized spacial score (nSPS) is 13.1. The molecule has 0 fully saturated rings. The number of aryl methyl sites for hydroxylation is 1. The Labute approximate surface area is 109 Å². The molecule has 2 heterocycles. The second kappa shape index (κ2) is 4.04. The summed E-state index contributed by atoms with van der Waals surface area (Å²) in [6, 6.07) is 5.08. The monoisotopic (exact) mass is 259 g/mol.